The minimum Gasteiger partial charge on any atom is -0.311 e. The molecule has 4 aliphatic rings. The highest BCUT2D eigenvalue weighted by Gasteiger charge is 2.48. The molecule has 0 bridgehead atoms. The van der Waals surface area contributed by atoms with Crippen LogP contribution in [0.25, 0.3) is 22.3 Å². The lowest BCUT2D eigenvalue weighted by Crippen LogP contribution is -2.61. The monoisotopic (exact) mass is 1810 g/mol. The number of fused-ring (bicyclic) bond motifs is 8. The Kier molecular flexibility index (Phi) is 15.0. The van der Waals surface area contributed by atoms with Crippen LogP contribution in [0.4, 0.5) is 102 Å². The SMILES string of the molecule is [2H]c1c([2H])c(C(C)(C)C)c([2H])c2c1N(c1ccc(C(C)(C)C)cc1)c1cc(N(c3ccccc3)c3ccccc3-c3ccccc3)cc3c1B2c1c([2H])c(C(C)(C)C)c([2H])c([2H])c1N3c1ccc(C(C)(C)C)cc1.[2H]c1c([2H])c([2H])c(-c2c([2H])c([2H])c([2H])c([2H])c2N(c2cc3c4c(c2)N(c2c([2H])c([2H])c(C(C)(C)C)c([2H])c2[2H])c2c([2H])c([2H])c(C(C)(C)C)c([2H])c2B4c2c([2H])c(C(C)(C)C)c([2H])c([2H])c2N3c2c([2H])c([2H])c(C(C)(C)C)c([2H])c2[2H])c2c([2H])c([2H])c([2H])c([2H])c2[2H])c([2H])c1[2H]. The largest absolute Gasteiger partial charge is 0.311 e. The standard InChI is InChI=1S/2C64H66BN3/c2*1-61(2,3)44-27-33-49(34-28-44)67-56-37-31-46(63(7,8)9)39-53(56)65-54-40-47(64(10,11)12)32-38-57(54)68(50-35-29-45(30-36-50)62(4,5)6)59-42-51(41-58(67)60(59)65)66(48-23-17-14-18-24-48)55-26-20-19-25-52(55)43-21-15-13-16-22-43/h2*13-42H,1-12H3/i13D,14D,15D,16D,17D,18D,19D,20D,21D,22D,23D,24D,25D,26D,27D,28D,29D,30D,31D,32D,33D,34D,35D,36D,37D,38D,39D,40D;31D,32D,37D,38D,39D,40D. The van der Waals surface area contributed by atoms with Gasteiger partial charge in [0.1, 0.15) is 0 Å². The molecule has 0 N–H and O–H groups in total. The molecular formula is C128H132B2N6. The molecule has 8 heteroatoms. The number of para-hydroxylation sites is 4. The van der Waals surface area contributed by atoms with E-state index in [9.17, 15) is 39.8 Å². The maximum Gasteiger partial charge on any atom is 0.252 e. The first-order chi connectivity index (χ1) is 78.8. The molecule has 0 unspecified atom stereocenters. The summed E-state index contributed by atoms with van der Waals surface area (Å²) in [5, 5.41) is 0. The van der Waals surface area contributed by atoms with Gasteiger partial charge in [-0.2, -0.15) is 0 Å². The summed E-state index contributed by atoms with van der Waals surface area (Å²) in [5.74, 6) is 0. The second-order valence-corrected chi connectivity index (χ2v) is 43.7. The van der Waals surface area contributed by atoms with E-state index < -0.39 is 277 Å². The Morgan fingerprint density at radius 1 is 0.213 bits per heavy atom. The minimum absolute atomic E-state index is 0.0131. The van der Waals surface area contributed by atoms with Crippen molar-refractivity contribution in [2.24, 2.45) is 0 Å². The second-order valence-electron chi connectivity index (χ2n) is 43.7. The minimum atomic E-state index is -1.73. The van der Waals surface area contributed by atoms with Crippen LogP contribution in [0.5, 0.6) is 0 Å². The summed E-state index contributed by atoms with van der Waals surface area (Å²) < 4.78 is 332. The van der Waals surface area contributed by atoms with Crippen molar-refractivity contribution in [1.29, 1.82) is 0 Å². The fourth-order valence-corrected chi connectivity index (χ4v) is 17.9. The van der Waals surface area contributed by atoms with Crippen molar-refractivity contribution in [3.63, 3.8) is 0 Å². The summed E-state index contributed by atoms with van der Waals surface area (Å²) in [7, 11) is 0. The van der Waals surface area contributed by atoms with Crippen molar-refractivity contribution in [3.05, 3.63) is 408 Å². The number of hydrogen-bond donors (Lipinski definition) is 0. The van der Waals surface area contributed by atoms with Gasteiger partial charge in [-0.1, -0.05) is 396 Å². The highest BCUT2D eigenvalue weighted by molar-refractivity contribution is 7.01. The molecule has 6 nitrogen and oxygen atoms in total. The molecule has 0 saturated heterocycles. The molecule has 0 aliphatic carbocycles. The molecule has 0 atom stereocenters. The number of hydrogen-bond acceptors (Lipinski definition) is 6. The highest BCUT2D eigenvalue weighted by atomic mass is 15.2. The van der Waals surface area contributed by atoms with E-state index in [0.717, 1.165) is 89.5 Å². The molecule has 680 valence electrons. The van der Waals surface area contributed by atoms with E-state index in [1.54, 1.807) is 83.1 Å². The van der Waals surface area contributed by atoms with Gasteiger partial charge in [-0.25, -0.2) is 0 Å². The molecule has 136 heavy (non-hydrogen) atoms. The summed E-state index contributed by atoms with van der Waals surface area (Å²) in [6, 6.07) is 29.3. The van der Waals surface area contributed by atoms with Gasteiger partial charge in [0.05, 0.1) is 69.4 Å². The van der Waals surface area contributed by atoms with Gasteiger partial charge in [0.2, 0.25) is 0 Å². The number of benzene rings is 16. The lowest BCUT2D eigenvalue weighted by molar-refractivity contribution is 0.590. The normalized spacial score (nSPS) is 17.0. The second kappa shape index (κ2) is 34.4. The van der Waals surface area contributed by atoms with Crippen molar-refractivity contribution in [2.75, 3.05) is 29.4 Å². The fraction of sp³-hybridized carbons (Fsp3) is 0.250. The Balaban J connectivity index is 0.000000215. The lowest BCUT2D eigenvalue weighted by atomic mass is 9.33. The number of anilines is 18. The summed E-state index contributed by atoms with van der Waals surface area (Å²) in [4.78, 5) is 9.25. The summed E-state index contributed by atoms with van der Waals surface area (Å²) in [5.41, 5.74) is -1.24. The summed E-state index contributed by atoms with van der Waals surface area (Å²) in [6.45, 7) is 42.5. The molecule has 0 saturated carbocycles. The molecule has 16 aromatic rings. The van der Waals surface area contributed by atoms with Crippen molar-refractivity contribution in [2.45, 2.75) is 209 Å². The Labute approximate surface area is 860 Å². The summed E-state index contributed by atoms with van der Waals surface area (Å²) in [6.07, 6.45) is 0. The molecule has 20 rings (SSSR count). The quantitative estimate of drug-likeness (QED) is 0.113. The molecule has 0 spiro atoms. The van der Waals surface area contributed by atoms with E-state index in [1.165, 1.54) is 0 Å². The molecule has 16 aromatic carbocycles. The number of nitrogens with zero attached hydrogens (tertiary/aromatic N) is 6. The Morgan fingerprint density at radius 3 is 0.875 bits per heavy atom. The van der Waals surface area contributed by atoms with Crippen molar-refractivity contribution in [1.82, 2.24) is 0 Å². The average molecular weight is 1810 g/mol. The van der Waals surface area contributed by atoms with E-state index in [0.29, 0.717) is 38.3 Å². The van der Waals surface area contributed by atoms with Crippen molar-refractivity contribution in [3.8, 4) is 22.3 Å². The van der Waals surface area contributed by atoms with Crippen molar-refractivity contribution >= 4 is 149 Å². The lowest BCUT2D eigenvalue weighted by Gasteiger charge is -2.45. The molecule has 0 aromatic heterocycles. The van der Waals surface area contributed by atoms with Gasteiger partial charge in [-0.3, -0.25) is 0 Å². The van der Waals surface area contributed by atoms with Crippen LogP contribution >= 0.6 is 0 Å². The third-order valence-corrected chi connectivity index (χ3v) is 25.4. The predicted molar refractivity (Wildman–Crippen MR) is 591 cm³/mol. The topological polar surface area (TPSA) is 19.4 Å². The Hall–Kier alpha value is -13.6. The van der Waals surface area contributed by atoms with E-state index in [4.69, 9.17) is 6.85 Å². The predicted octanol–water partition coefficient (Wildman–Crippen LogP) is 32.2. The van der Waals surface area contributed by atoms with Gasteiger partial charge in [-0.05, 0) is 265 Å². The van der Waals surface area contributed by atoms with E-state index in [-0.39, 0.29) is 85.7 Å². The van der Waals surface area contributed by atoms with Gasteiger partial charge in [0, 0.05) is 90.8 Å². The van der Waals surface area contributed by atoms with Gasteiger partial charge in [0.25, 0.3) is 13.4 Å². The third-order valence-electron chi connectivity index (χ3n) is 25.4. The smallest absolute Gasteiger partial charge is 0.252 e. The van der Waals surface area contributed by atoms with Crippen LogP contribution in [0.3, 0.4) is 0 Å². The van der Waals surface area contributed by atoms with Gasteiger partial charge >= 0.3 is 0 Å². The van der Waals surface area contributed by atoms with Crippen LogP contribution in [-0.2, 0) is 43.3 Å². The van der Waals surface area contributed by atoms with Crippen molar-refractivity contribution < 1.29 is 46.6 Å². The fourth-order valence-electron chi connectivity index (χ4n) is 17.9. The Morgan fingerprint density at radius 2 is 0.515 bits per heavy atom. The average Bonchev–Trinajstić information content (AvgIpc) is 0.669. The zero-order valence-electron chi connectivity index (χ0n) is 116. The van der Waals surface area contributed by atoms with Gasteiger partial charge in [0.15, 0.2) is 0 Å². The van der Waals surface area contributed by atoms with Crippen LogP contribution in [-0.4, -0.2) is 13.4 Å². The van der Waals surface area contributed by atoms with Crippen LogP contribution in [0.1, 0.15) is 257 Å². The number of rotatable bonds is 12. The van der Waals surface area contributed by atoms with E-state index in [1.807, 2.05) is 65.8 Å². The van der Waals surface area contributed by atoms with Crippen LogP contribution in [0.15, 0.2) is 363 Å². The van der Waals surface area contributed by atoms with Crippen LogP contribution < -0.4 is 62.2 Å². The van der Waals surface area contributed by atoms with Crippen LogP contribution in [0.2, 0.25) is 0 Å². The van der Waals surface area contributed by atoms with Crippen LogP contribution in [0, 0.1) is 0 Å². The maximum atomic E-state index is 10.5. The molecular weight excluding hydrogens is 1640 g/mol. The molecule has 4 aliphatic heterocycles. The first-order valence-electron chi connectivity index (χ1n) is 63.4. The van der Waals surface area contributed by atoms with E-state index >= 15 is 0 Å². The third kappa shape index (κ3) is 17.2. The van der Waals surface area contributed by atoms with Gasteiger partial charge in [-0.15, -0.1) is 0 Å². The molecule has 0 radical (unpaired) electrons. The zero-order chi connectivity index (χ0) is 125. The first kappa shape index (κ1) is 59.3. The maximum absolute atomic E-state index is 10.5. The first-order valence-corrected chi connectivity index (χ1v) is 46.4. The molecule has 0 amide bonds. The summed E-state index contributed by atoms with van der Waals surface area (Å²) >= 11 is 0. The molecule has 4 heterocycles. The Bertz CT molecular complexity index is 8910. The van der Waals surface area contributed by atoms with Gasteiger partial charge < -0.3 is 29.4 Å². The highest BCUT2D eigenvalue weighted by Crippen LogP contribution is 2.55. The van der Waals surface area contributed by atoms with E-state index in [2.05, 4.69) is 178 Å². The molecule has 0 fully saturated rings. The zero-order valence-corrected chi connectivity index (χ0v) is 81.8.